The fourth-order valence-electron chi connectivity index (χ4n) is 2.87. The van der Waals surface area contributed by atoms with Gasteiger partial charge >= 0.3 is 5.97 Å². The molecule has 0 spiro atoms. The van der Waals surface area contributed by atoms with E-state index in [1.165, 1.54) is 6.33 Å². The van der Waals surface area contributed by atoms with Crippen molar-refractivity contribution < 1.29 is 14.3 Å². The number of nitrogens with zero attached hydrogens (tertiary/aromatic N) is 2. The molecule has 0 saturated carbocycles. The minimum atomic E-state index is -0.489. The van der Waals surface area contributed by atoms with E-state index in [-0.39, 0.29) is 11.9 Å². The van der Waals surface area contributed by atoms with Gasteiger partial charge in [-0.25, -0.2) is 9.97 Å². The molecule has 1 aliphatic heterocycles. The fourth-order valence-corrected chi connectivity index (χ4v) is 2.87. The lowest BCUT2D eigenvalue weighted by atomic mass is 10.00. The molecule has 6 heteroatoms. The zero-order valence-electron chi connectivity index (χ0n) is 13.0. The fraction of sp³-hybridized carbons (Fsp3) is 0.412. The zero-order valence-corrected chi connectivity index (χ0v) is 13.0. The number of benzene rings is 1. The van der Waals surface area contributed by atoms with Crippen LogP contribution in [0.15, 0.2) is 24.5 Å². The van der Waals surface area contributed by atoms with Gasteiger partial charge in [0, 0.05) is 17.5 Å². The molecule has 0 aliphatic carbocycles. The van der Waals surface area contributed by atoms with Crippen LogP contribution in [-0.4, -0.2) is 35.3 Å². The Morgan fingerprint density at radius 1 is 1.43 bits per heavy atom. The number of esters is 1. The summed E-state index contributed by atoms with van der Waals surface area (Å²) in [5.74, 6) is -0.312. The molecule has 2 aromatic rings. The van der Waals surface area contributed by atoms with Gasteiger partial charge in [0.25, 0.3) is 0 Å². The molecule has 1 saturated heterocycles. The van der Waals surface area contributed by atoms with Gasteiger partial charge in [0.1, 0.15) is 18.7 Å². The van der Waals surface area contributed by atoms with Gasteiger partial charge < -0.3 is 10.1 Å². The van der Waals surface area contributed by atoms with Crippen LogP contribution in [0.1, 0.15) is 41.9 Å². The number of aromatic nitrogens is 2. The molecule has 1 aliphatic rings. The molecule has 1 N–H and O–H groups in total. The quantitative estimate of drug-likeness (QED) is 0.687. The van der Waals surface area contributed by atoms with Crippen molar-refractivity contribution in [2.75, 3.05) is 13.1 Å². The first-order valence-electron chi connectivity index (χ1n) is 7.80. The number of ether oxygens (including phenoxy) is 1. The SMILES string of the molecule is CC(OC(=O)C1CCCNC1)c1ncnc2ccc(C=O)cc12. The maximum Gasteiger partial charge on any atom is 0.310 e. The van der Waals surface area contributed by atoms with Gasteiger partial charge in [-0.05, 0) is 44.5 Å². The van der Waals surface area contributed by atoms with Gasteiger partial charge in [0.2, 0.25) is 0 Å². The van der Waals surface area contributed by atoms with E-state index in [0.717, 1.165) is 36.6 Å². The number of rotatable bonds is 4. The average Bonchev–Trinajstić information content (AvgIpc) is 2.61. The summed E-state index contributed by atoms with van der Waals surface area (Å²) in [5.41, 5.74) is 1.89. The Kier molecular flexibility index (Phi) is 4.62. The second-order valence-electron chi connectivity index (χ2n) is 5.78. The molecule has 1 fully saturated rings. The lowest BCUT2D eigenvalue weighted by Gasteiger charge is -2.23. The third kappa shape index (κ3) is 3.37. The summed E-state index contributed by atoms with van der Waals surface area (Å²) in [6, 6.07) is 5.20. The largest absolute Gasteiger partial charge is 0.456 e. The normalized spacial score (nSPS) is 19.3. The van der Waals surface area contributed by atoms with Crippen LogP contribution in [0.25, 0.3) is 10.9 Å². The minimum absolute atomic E-state index is 0.107. The van der Waals surface area contributed by atoms with E-state index in [1.54, 1.807) is 25.1 Å². The molecule has 23 heavy (non-hydrogen) atoms. The summed E-state index contributed by atoms with van der Waals surface area (Å²) in [6.07, 6.45) is 3.56. The van der Waals surface area contributed by atoms with Gasteiger partial charge in [0.15, 0.2) is 0 Å². The molecule has 1 aromatic heterocycles. The first-order chi connectivity index (χ1) is 11.2. The summed E-state index contributed by atoms with van der Waals surface area (Å²) >= 11 is 0. The van der Waals surface area contributed by atoms with Crippen molar-refractivity contribution in [2.24, 2.45) is 5.92 Å². The number of hydrogen-bond donors (Lipinski definition) is 1. The lowest BCUT2D eigenvalue weighted by Crippen LogP contribution is -2.35. The topological polar surface area (TPSA) is 81.2 Å². The summed E-state index contributed by atoms with van der Waals surface area (Å²) in [4.78, 5) is 31.7. The van der Waals surface area contributed by atoms with E-state index in [0.29, 0.717) is 17.8 Å². The Bertz CT molecular complexity index is 726. The number of fused-ring (bicyclic) bond motifs is 1. The van der Waals surface area contributed by atoms with Crippen molar-refractivity contribution in [1.29, 1.82) is 0 Å². The van der Waals surface area contributed by atoms with Crippen molar-refractivity contribution in [3.63, 3.8) is 0 Å². The highest BCUT2D eigenvalue weighted by Crippen LogP contribution is 2.25. The molecule has 2 unspecified atom stereocenters. The van der Waals surface area contributed by atoms with Crippen LogP contribution in [-0.2, 0) is 9.53 Å². The first kappa shape index (κ1) is 15.6. The van der Waals surface area contributed by atoms with Crippen molar-refractivity contribution in [3.8, 4) is 0 Å². The Morgan fingerprint density at radius 2 is 2.30 bits per heavy atom. The Morgan fingerprint density at radius 3 is 3.04 bits per heavy atom. The molecular formula is C17H19N3O3. The van der Waals surface area contributed by atoms with Gasteiger partial charge in [-0.2, -0.15) is 0 Å². The van der Waals surface area contributed by atoms with Crippen LogP contribution in [0.2, 0.25) is 0 Å². The summed E-state index contributed by atoms with van der Waals surface area (Å²) in [6.45, 7) is 3.40. The highest BCUT2D eigenvalue weighted by atomic mass is 16.5. The van der Waals surface area contributed by atoms with Crippen molar-refractivity contribution in [1.82, 2.24) is 15.3 Å². The molecule has 2 atom stereocenters. The number of aldehydes is 1. The molecular weight excluding hydrogens is 294 g/mol. The standard InChI is InChI=1S/C17H19N3O3/c1-11(23-17(22)13-3-2-6-18-8-13)16-14-7-12(9-21)4-5-15(14)19-10-20-16/h4-5,7,9-11,13,18H,2-3,6,8H2,1H3. The Labute approximate surface area is 134 Å². The van der Waals surface area contributed by atoms with Crippen molar-refractivity contribution >= 4 is 23.2 Å². The van der Waals surface area contributed by atoms with E-state index in [9.17, 15) is 9.59 Å². The number of hydrogen-bond acceptors (Lipinski definition) is 6. The number of piperidine rings is 1. The van der Waals surface area contributed by atoms with E-state index in [1.807, 2.05) is 0 Å². The van der Waals surface area contributed by atoms with E-state index in [2.05, 4.69) is 15.3 Å². The maximum atomic E-state index is 12.3. The molecule has 2 heterocycles. The third-order valence-electron chi connectivity index (χ3n) is 4.13. The number of carbonyl (C=O) groups is 2. The predicted octanol–water partition coefficient (Wildman–Crippen LogP) is 2.05. The van der Waals surface area contributed by atoms with Crippen LogP contribution in [0.4, 0.5) is 0 Å². The Hall–Kier alpha value is -2.34. The molecule has 1 aromatic carbocycles. The summed E-state index contributed by atoms with van der Waals surface area (Å²) in [5, 5.41) is 3.94. The van der Waals surface area contributed by atoms with Crippen LogP contribution in [0.5, 0.6) is 0 Å². The van der Waals surface area contributed by atoms with Gasteiger partial charge in [-0.1, -0.05) is 0 Å². The second kappa shape index (κ2) is 6.83. The average molecular weight is 313 g/mol. The molecule has 0 radical (unpaired) electrons. The van der Waals surface area contributed by atoms with E-state index >= 15 is 0 Å². The highest BCUT2D eigenvalue weighted by Gasteiger charge is 2.25. The van der Waals surface area contributed by atoms with Gasteiger partial charge in [0.05, 0.1) is 17.1 Å². The molecule has 6 nitrogen and oxygen atoms in total. The van der Waals surface area contributed by atoms with E-state index < -0.39 is 6.10 Å². The molecule has 0 bridgehead atoms. The molecule has 3 rings (SSSR count). The van der Waals surface area contributed by atoms with Gasteiger partial charge in [-0.15, -0.1) is 0 Å². The minimum Gasteiger partial charge on any atom is -0.456 e. The lowest BCUT2D eigenvalue weighted by molar-refractivity contribution is -0.154. The third-order valence-corrected chi connectivity index (χ3v) is 4.13. The number of nitrogens with one attached hydrogen (secondary N) is 1. The van der Waals surface area contributed by atoms with E-state index in [4.69, 9.17) is 4.74 Å². The number of carbonyl (C=O) groups excluding carboxylic acids is 2. The van der Waals surface area contributed by atoms with Crippen molar-refractivity contribution in [3.05, 3.63) is 35.8 Å². The maximum absolute atomic E-state index is 12.3. The summed E-state index contributed by atoms with van der Waals surface area (Å²) < 4.78 is 5.60. The monoisotopic (exact) mass is 313 g/mol. The van der Waals surface area contributed by atoms with Crippen LogP contribution >= 0.6 is 0 Å². The molecule has 0 amide bonds. The van der Waals surface area contributed by atoms with Crippen LogP contribution in [0.3, 0.4) is 0 Å². The zero-order chi connectivity index (χ0) is 16.2. The highest BCUT2D eigenvalue weighted by molar-refractivity contribution is 5.88. The predicted molar refractivity (Wildman–Crippen MR) is 85.0 cm³/mol. The smallest absolute Gasteiger partial charge is 0.310 e. The van der Waals surface area contributed by atoms with Crippen molar-refractivity contribution in [2.45, 2.75) is 25.9 Å². The van der Waals surface area contributed by atoms with Crippen LogP contribution in [0, 0.1) is 5.92 Å². The summed E-state index contributed by atoms with van der Waals surface area (Å²) in [7, 11) is 0. The first-order valence-corrected chi connectivity index (χ1v) is 7.80. The Balaban J connectivity index is 1.83. The second-order valence-corrected chi connectivity index (χ2v) is 5.78. The molecule has 120 valence electrons. The van der Waals surface area contributed by atoms with Crippen LogP contribution < -0.4 is 5.32 Å². The van der Waals surface area contributed by atoms with Gasteiger partial charge in [-0.3, -0.25) is 9.59 Å².